The SMILES string of the molecule is CCC(O)c1c(C(C)(C)C)nc2ccc(Cl)cn12. The first-order valence-electron chi connectivity index (χ1n) is 6.20. The zero-order valence-electron chi connectivity index (χ0n) is 11.2. The smallest absolute Gasteiger partial charge is 0.137 e. The molecule has 1 N–H and O–H groups in total. The molecule has 2 aromatic rings. The van der Waals surface area contributed by atoms with Crippen molar-refractivity contribution in [1.29, 1.82) is 0 Å². The van der Waals surface area contributed by atoms with Crippen molar-refractivity contribution in [3.05, 3.63) is 34.7 Å². The van der Waals surface area contributed by atoms with Gasteiger partial charge in [0.15, 0.2) is 0 Å². The molecule has 0 bridgehead atoms. The third-order valence-corrected chi connectivity index (χ3v) is 3.26. The predicted molar refractivity (Wildman–Crippen MR) is 74.2 cm³/mol. The van der Waals surface area contributed by atoms with Crippen LogP contribution in [-0.4, -0.2) is 14.5 Å². The second kappa shape index (κ2) is 4.56. The van der Waals surface area contributed by atoms with Gasteiger partial charge in [-0.15, -0.1) is 0 Å². The summed E-state index contributed by atoms with van der Waals surface area (Å²) in [6.07, 6.45) is 1.95. The van der Waals surface area contributed by atoms with Crippen molar-refractivity contribution in [2.75, 3.05) is 0 Å². The van der Waals surface area contributed by atoms with Crippen molar-refractivity contribution in [1.82, 2.24) is 9.38 Å². The lowest BCUT2D eigenvalue weighted by atomic mass is 9.89. The second-order valence-electron chi connectivity index (χ2n) is 5.60. The van der Waals surface area contributed by atoms with Gasteiger partial charge in [0.1, 0.15) is 5.65 Å². The number of nitrogens with zero attached hydrogens (tertiary/aromatic N) is 2. The van der Waals surface area contributed by atoms with Crippen molar-refractivity contribution < 1.29 is 5.11 Å². The number of aliphatic hydroxyl groups is 1. The largest absolute Gasteiger partial charge is 0.387 e. The molecule has 0 saturated heterocycles. The van der Waals surface area contributed by atoms with Crippen molar-refractivity contribution >= 4 is 17.2 Å². The van der Waals surface area contributed by atoms with Crippen molar-refractivity contribution in [3.63, 3.8) is 0 Å². The van der Waals surface area contributed by atoms with Crippen molar-refractivity contribution in [3.8, 4) is 0 Å². The Hall–Kier alpha value is -1.06. The highest BCUT2D eigenvalue weighted by Crippen LogP contribution is 2.32. The monoisotopic (exact) mass is 266 g/mol. The summed E-state index contributed by atoms with van der Waals surface area (Å²) in [5.74, 6) is 0. The summed E-state index contributed by atoms with van der Waals surface area (Å²) >= 11 is 6.03. The zero-order valence-corrected chi connectivity index (χ0v) is 12.0. The molecule has 0 fully saturated rings. The van der Waals surface area contributed by atoms with E-state index in [1.165, 1.54) is 0 Å². The van der Waals surface area contributed by atoms with E-state index in [0.717, 1.165) is 17.0 Å². The Bertz CT molecular complexity index is 569. The fraction of sp³-hybridized carbons (Fsp3) is 0.500. The van der Waals surface area contributed by atoms with E-state index in [-0.39, 0.29) is 5.41 Å². The van der Waals surface area contributed by atoms with Crippen LogP contribution in [0.5, 0.6) is 0 Å². The minimum absolute atomic E-state index is 0.107. The van der Waals surface area contributed by atoms with Crippen LogP contribution >= 0.6 is 11.6 Å². The average molecular weight is 267 g/mol. The molecule has 0 radical (unpaired) electrons. The van der Waals surface area contributed by atoms with Gasteiger partial charge < -0.3 is 5.11 Å². The van der Waals surface area contributed by atoms with Gasteiger partial charge in [-0.05, 0) is 18.6 Å². The summed E-state index contributed by atoms with van der Waals surface area (Å²) in [6.45, 7) is 8.26. The van der Waals surface area contributed by atoms with Gasteiger partial charge in [-0.1, -0.05) is 39.3 Å². The summed E-state index contributed by atoms with van der Waals surface area (Å²) in [5.41, 5.74) is 2.50. The molecule has 0 aliphatic carbocycles. The summed E-state index contributed by atoms with van der Waals surface area (Å²) in [6, 6.07) is 3.70. The van der Waals surface area contributed by atoms with E-state index in [1.807, 2.05) is 29.7 Å². The third kappa shape index (κ3) is 2.25. The van der Waals surface area contributed by atoms with Gasteiger partial charge in [-0.3, -0.25) is 4.40 Å². The van der Waals surface area contributed by atoms with Gasteiger partial charge in [0.25, 0.3) is 0 Å². The van der Waals surface area contributed by atoms with Crippen LogP contribution in [0.15, 0.2) is 18.3 Å². The maximum atomic E-state index is 10.2. The van der Waals surface area contributed by atoms with Crippen molar-refractivity contribution in [2.24, 2.45) is 0 Å². The van der Waals surface area contributed by atoms with Crippen LogP contribution in [0.25, 0.3) is 5.65 Å². The van der Waals surface area contributed by atoms with Gasteiger partial charge in [0.05, 0.1) is 22.5 Å². The molecule has 4 heteroatoms. The highest BCUT2D eigenvalue weighted by molar-refractivity contribution is 6.30. The molecule has 0 saturated carbocycles. The minimum atomic E-state index is -0.521. The first-order chi connectivity index (χ1) is 8.34. The molecule has 0 amide bonds. The topological polar surface area (TPSA) is 37.5 Å². The minimum Gasteiger partial charge on any atom is -0.387 e. The Morgan fingerprint density at radius 3 is 2.61 bits per heavy atom. The molecule has 1 atom stereocenters. The van der Waals surface area contributed by atoms with E-state index in [0.29, 0.717) is 11.4 Å². The number of aromatic nitrogens is 2. The Morgan fingerprint density at radius 2 is 2.06 bits per heavy atom. The quantitative estimate of drug-likeness (QED) is 0.899. The number of fused-ring (bicyclic) bond motifs is 1. The molecule has 2 aromatic heterocycles. The molecular formula is C14H19ClN2O. The molecule has 3 nitrogen and oxygen atoms in total. The Labute approximate surface area is 112 Å². The van der Waals surface area contributed by atoms with E-state index in [9.17, 15) is 5.11 Å². The van der Waals surface area contributed by atoms with Gasteiger partial charge in [0.2, 0.25) is 0 Å². The average Bonchev–Trinajstić information content (AvgIpc) is 2.66. The lowest BCUT2D eigenvalue weighted by Gasteiger charge is -2.20. The van der Waals surface area contributed by atoms with Gasteiger partial charge in [0, 0.05) is 11.6 Å². The number of halogens is 1. The molecule has 2 heterocycles. The van der Waals surface area contributed by atoms with Crippen LogP contribution in [-0.2, 0) is 5.41 Å². The molecule has 18 heavy (non-hydrogen) atoms. The van der Waals surface area contributed by atoms with Gasteiger partial charge in [-0.2, -0.15) is 0 Å². The Kier molecular flexibility index (Phi) is 3.39. The molecule has 0 aliphatic rings. The van der Waals surface area contributed by atoms with Crippen LogP contribution in [0.2, 0.25) is 5.02 Å². The Morgan fingerprint density at radius 1 is 1.39 bits per heavy atom. The molecule has 0 aliphatic heterocycles. The van der Waals surface area contributed by atoms with Crippen LogP contribution < -0.4 is 0 Å². The summed E-state index contributed by atoms with van der Waals surface area (Å²) in [5, 5.41) is 10.9. The maximum Gasteiger partial charge on any atom is 0.137 e. The molecule has 98 valence electrons. The first kappa shape index (κ1) is 13.4. The predicted octanol–water partition coefficient (Wildman–Crippen LogP) is 3.73. The highest BCUT2D eigenvalue weighted by atomic mass is 35.5. The zero-order chi connectivity index (χ0) is 13.5. The number of hydrogen-bond donors (Lipinski definition) is 1. The maximum absolute atomic E-state index is 10.2. The van der Waals surface area contributed by atoms with E-state index in [1.54, 1.807) is 0 Å². The van der Waals surface area contributed by atoms with E-state index >= 15 is 0 Å². The van der Waals surface area contributed by atoms with Gasteiger partial charge >= 0.3 is 0 Å². The van der Waals surface area contributed by atoms with Crippen LogP contribution in [0.3, 0.4) is 0 Å². The standard InChI is InChI=1S/C14H19ClN2O/c1-5-10(18)12-13(14(2,3)4)16-11-7-6-9(15)8-17(11)12/h6-8,10,18H,5H2,1-4H3. The third-order valence-electron chi connectivity index (χ3n) is 3.03. The number of pyridine rings is 1. The van der Waals surface area contributed by atoms with Crippen LogP contribution in [0.4, 0.5) is 0 Å². The highest BCUT2D eigenvalue weighted by Gasteiger charge is 2.27. The normalized spacial score (nSPS) is 14.1. The van der Waals surface area contributed by atoms with E-state index in [4.69, 9.17) is 11.6 Å². The fourth-order valence-corrected chi connectivity index (χ4v) is 2.26. The molecule has 1 unspecified atom stereocenters. The lowest BCUT2D eigenvalue weighted by molar-refractivity contribution is 0.165. The number of hydrogen-bond acceptors (Lipinski definition) is 2. The summed E-state index contributed by atoms with van der Waals surface area (Å²) in [4.78, 5) is 4.64. The summed E-state index contributed by atoms with van der Waals surface area (Å²) in [7, 11) is 0. The van der Waals surface area contributed by atoms with Crippen LogP contribution in [0, 0.1) is 0 Å². The Balaban J connectivity index is 2.78. The number of rotatable bonds is 2. The number of imidazole rings is 1. The van der Waals surface area contributed by atoms with Crippen molar-refractivity contribution in [2.45, 2.75) is 45.6 Å². The molecular weight excluding hydrogens is 248 g/mol. The van der Waals surface area contributed by atoms with Gasteiger partial charge in [-0.25, -0.2) is 4.98 Å². The first-order valence-corrected chi connectivity index (χ1v) is 6.58. The van der Waals surface area contributed by atoms with E-state index < -0.39 is 6.10 Å². The molecule has 2 rings (SSSR count). The lowest BCUT2D eigenvalue weighted by Crippen LogP contribution is -2.16. The molecule has 0 aromatic carbocycles. The van der Waals surface area contributed by atoms with Crippen LogP contribution in [0.1, 0.15) is 51.6 Å². The number of aliphatic hydroxyl groups excluding tert-OH is 1. The van der Waals surface area contributed by atoms with E-state index in [2.05, 4.69) is 25.8 Å². The fourth-order valence-electron chi connectivity index (χ4n) is 2.10. The second-order valence-corrected chi connectivity index (χ2v) is 6.03. The summed E-state index contributed by atoms with van der Waals surface area (Å²) < 4.78 is 1.90. The molecule has 0 spiro atoms.